The lowest BCUT2D eigenvalue weighted by molar-refractivity contribution is -0.134. The van der Waals surface area contributed by atoms with Gasteiger partial charge in [-0.15, -0.1) is 0 Å². The Hall–Kier alpha value is -3.08. The number of benzene rings is 2. The SMILES string of the molecule is O=C(c1cc2ccccc2o1)N1CCN(C(=O)[C@@H]2C[C@H]2c2ccccc2)CC1. The molecule has 1 aromatic heterocycles. The molecule has 1 aliphatic heterocycles. The number of fused-ring (bicyclic) bond motifs is 1. The van der Waals surface area contributed by atoms with Gasteiger partial charge in [0.15, 0.2) is 5.76 Å². The fraction of sp³-hybridized carbons (Fsp3) is 0.304. The van der Waals surface area contributed by atoms with Crippen molar-refractivity contribution in [1.29, 1.82) is 0 Å². The van der Waals surface area contributed by atoms with E-state index in [2.05, 4.69) is 12.1 Å². The third kappa shape index (κ3) is 3.07. The standard InChI is InChI=1S/C23H22N2O3/c26-22(19-15-18(19)16-6-2-1-3-7-16)24-10-12-25(13-11-24)23(27)21-14-17-8-4-5-9-20(17)28-21/h1-9,14,18-19H,10-13,15H2/t18-,19+/m0/s1. The van der Waals surface area contributed by atoms with Crippen molar-refractivity contribution in [2.45, 2.75) is 12.3 Å². The van der Waals surface area contributed by atoms with Crippen molar-refractivity contribution in [2.75, 3.05) is 26.2 Å². The number of hydrogen-bond donors (Lipinski definition) is 0. The van der Waals surface area contributed by atoms with Crippen LogP contribution in [0.1, 0.15) is 28.5 Å². The van der Waals surface area contributed by atoms with Crippen LogP contribution in [0.3, 0.4) is 0 Å². The van der Waals surface area contributed by atoms with E-state index in [9.17, 15) is 9.59 Å². The van der Waals surface area contributed by atoms with Crippen LogP contribution < -0.4 is 0 Å². The second kappa shape index (κ2) is 6.82. The van der Waals surface area contributed by atoms with Crippen LogP contribution in [0.2, 0.25) is 0 Å². The predicted molar refractivity (Wildman–Crippen MR) is 106 cm³/mol. The Morgan fingerprint density at radius 3 is 2.29 bits per heavy atom. The van der Waals surface area contributed by atoms with Crippen molar-refractivity contribution in [3.05, 3.63) is 72.0 Å². The van der Waals surface area contributed by atoms with E-state index in [0.29, 0.717) is 37.9 Å². The van der Waals surface area contributed by atoms with Gasteiger partial charge in [0, 0.05) is 37.5 Å². The summed E-state index contributed by atoms with van der Waals surface area (Å²) in [7, 11) is 0. The molecule has 0 unspecified atom stereocenters. The van der Waals surface area contributed by atoms with Crippen molar-refractivity contribution in [3.8, 4) is 0 Å². The summed E-state index contributed by atoms with van der Waals surface area (Å²) >= 11 is 0. The Morgan fingerprint density at radius 1 is 0.857 bits per heavy atom. The summed E-state index contributed by atoms with van der Waals surface area (Å²) in [5, 5.41) is 0.931. The molecule has 5 nitrogen and oxygen atoms in total. The van der Waals surface area contributed by atoms with Gasteiger partial charge in [-0.25, -0.2) is 0 Å². The maximum Gasteiger partial charge on any atom is 0.289 e. The fourth-order valence-electron chi connectivity index (χ4n) is 4.14. The third-order valence-electron chi connectivity index (χ3n) is 5.85. The minimum atomic E-state index is -0.100. The molecule has 2 aromatic carbocycles. The van der Waals surface area contributed by atoms with Crippen LogP contribution >= 0.6 is 0 Å². The zero-order valence-electron chi connectivity index (χ0n) is 15.6. The average Bonchev–Trinajstić information content (AvgIpc) is 3.44. The smallest absolute Gasteiger partial charge is 0.289 e. The number of para-hydroxylation sites is 1. The van der Waals surface area contributed by atoms with Crippen LogP contribution in [0.25, 0.3) is 11.0 Å². The molecule has 1 aliphatic carbocycles. The van der Waals surface area contributed by atoms with E-state index >= 15 is 0 Å². The molecule has 2 atom stereocenters. The van der Waals surface area contributed by atoms with Gasteiger partial charge in [-0.3, -0.25) is 9.59 Å². The molecule has 2 fully saturated rings. The summed E-state index contributed by atoms with van der Waals surface area (Å²) in [6.45, 7) is 2.26. The van der Waals surface area contributed by atoms with Crippen molar-refractivity contribution in [1.82, 2.24) is 9.80 Å². The van der Waals surface area contributed by atoms with Gasteiger partial charge in [0.2, 0.25) is 5.91 Å². The van der Waals surface area contributed by atoms with E-state index in [1.807, 2.05) is 47.4 Å². The summed E-state index contributed by atoms with van der Waals surface area (Å²) in [5.74, 6) is 0.942. The number of furan rings is 1. The van der Waals surface area contributed by atoms with Gasteiger partial charge < -0.3 is 14.2 Å². The topological polar surface area (TPSA) is 53.8 Å². The Morgan fingerprint density at radius 2 is 1.54 bits per heavy atom. The van der Waals surface area contributed by atoms with Crippen molar-refractivity contribution in [3.63, 3.8) is 0 Å². The molecule has 2 amide bonds. The molecule has 0 spiro atoms. The Labute approximate surface area is 163 Å². The molecule has 0 N–H and O–H groups in total. The highest BCUT2D eigenvalue weighted by Crippen LogP contribution is 2.48. The van der Waals surface area contributed by atoms with Gasteiger partial charge in [0.05, 0.1) is 0 Å². The minimum absolute atomic E-state index is 0.0972. The lowest BCUT2D eigenvalue weighted by Crippen LogP contribution is -2.51. The first-order valence-corrected chi connectivity index (χ1v) is 9.82. The van der Waals surface area contributed by atoms with E-state index in [4.69, 9.17) is 4.42 Å². The molecule has 1 saturated carbocycles. The first-order valence-electron chi connectivity index (χ1n) is 9.82. The number of carbonyl (C=O) groups excluding carboxylic acids is 2. The van der Waals surface area contributed by atoms with Crippen LogP contribution in [0.15, 0.2) is 65.1 Å². The van der Waals surface area contributed by atoms with Gasteiger partial charge in [0.1, 0.15) is 5.58 Å². The van der Waals surface area contributed by atoms with Crippen LogP contribution in [0.4, 0.5) is 0 Å². The molecule has 3 aromatic rings. The van der Waals surface area contributed by atoms with Gasteiger partial charge in [0.25, 0.3) is 5.91 Å². The van der Waals surface area contributed by atoms with Crippen LogP contribution in [-0.4, -0.2) is 47.8 Å². The molecule has 0 radical (unpaired) electrons. The van der Waals surface area contributed by atoms with E-state index in [1.54, 1.807) is 11.0 Å². The summed E-state index contributed by atoms with van der Waals surface area (Å²) in [5.41, 5.74) is 1.97. The number of rotatable bonds is 3. The number of nitrogens with zero attached hydrogens (tertiary/aromatic N) is 2. The quantitative estimate of drug-likeness (QED) is 0.705. The second-order valence-electron chi connectivity index (χ2n) is 7.63. The lowest BCUT2D eigenvalue weighted by atomic mass is 10.1. The van der Waals surface area contributed by atoms with E-state index in [-0.39, 0.29) is 17.7 Å². The second-order valence-corrected chi connectivity index (χ2v) is 7.63. The average molecular weight is 374 g/mol. The number of amides is 2. The monoisotopic (exact) mass is 374 g/mol. The predicted octanol–water partition coefficient (Wildman–Crippen LogP) is 3.52. The molecule has 0 bridgehead atoms. The number of hydrogen-bond acceptors (Lipinski definition) is 3. The summed E-state index contributed by atoms with van der Waals surface area (Å²) in [4.78, 5) is 29.3. The molecule has 5 heteroatoms. The third-order valence-corrected chi connectivity index (χ3v) is 5.85. The molecule has 2 heterocycles. The summed E-state index contributed by atoms with van der Waals surface area (Å²) < 4.78 is 5.70. The Kier molecular flexibility index (Phi) is 4.15. The molecule has 2 aliphatic rings. The zero-order chi connectivity index (χ0) is 19.1. The largest absolute Gasteiger partial charge is 0.451 e. The maximum absolute atomic E-state index is 12.8. The molecule has 5 rings (SSSR count). The fourth-order valence-corrected chi connectivity index (χ4v) is 4.14. The van der Waals surface area contributed by atoms with E-state index in [1.165, 1.54) is 5.56 Å². The molecule has 1 saturated heterocycles. The highest BCUT2D eigenvalue weighted by Gasteiger charge is 2.46. The molecule has 142 valence electrons. The van der Waals surface area contributed by atoms with Gasteiger partial charge >= 0.3 is 0 Å². The van der Waals surface area contributed by atoms with Crippen molar-refractivity contribution >= 4 is 22.8 Å². The number of piperazine rings is 1. The molecule has 28 heavy (non-hydrogen) atoms. The Bertz CT molecular complexity index is 986. The summed E-state index contributed by atoms with van der Waals surface area (Å²) in [6.07, 6.45) is 0.932. The van der Waals surface area contributed by atoms with Gasteiger partial charge in [-0.2, -0.15) is 0 Å². The molecular weight excluding hydrogens is 352 g/mol. The normalized spacial score (nSPS) is 21.7. The van der Waals surface area contributed by atoms with Crippen LogP contribution in [0, 0.1) is 5.92 Å². The van der Waals surface area contributed by atoms with Crippen LogP contribution in [0.5, 0.6) is 0 Å². The molecular formula is C23H22N2O3. The highest BCUT2D eigenvalue weighted by molar-refractivity contribution is 5.96. The van der Waals surface area contributed by atoms with Gasteiger partial charge in [-0.1, -0.05) is 48.5 Å². The Balaban J connectivity index is 1.19. The maximum atomic E-state index is 12.8. The van der Waals surface area contributed by atoms with Crippen molar-refractivity contribution < 1.29 is 14.0 Å². The zero-order valence-corrected chi connectivity index (χ0v) is 15.6. The van der Waals surface area contributed by atoms with Crippen molar-refractivity contribution in [2.24, 2.45) is 5.92 Å². The van der Waals surface area contributed by atoms with E-state index < -0.39 is 0 Å². The van der Waals surface area contributed by atoms with Crippen LogP contribution in [-0.2, 0) is 4.79 Å². The minimum Gasteiger partial charge on any atom is -0.451 e. The first-order chi connectivity index (χ1) is 13.7. The highest BCUT2D eigenvalue weighted by atomic mass is 16.3. The van der Waals surface area contributed by atoms with Gasteiger partial charge in [-0.05, 0) is 30.0 Å². The van der Waals surface area contributed by atoms with E-state index in [0.717, 1.165) is 17.4 Å². The first kappa shape index (κ1) is 17.0. The number of carbonyl (C=O) groups is 2. The lowest BCUT2D eigenvalue weighted by Gasteiger charge is -2.34. The summed E-state index contributed by atoms with van der Waals surface area (Å²) in [6, 6.07) is 19.7.